The number of hydrogen-bond donors (Lipinski definition) is 0. The van der Waals surface area contributed by atoms with E-state index in [4.69, 9.17) is 9.47 Å². The lowest BCUT2D eigenvalue weighted by molar-refractivity contribution is -0.143. The van der Waals surface area contributed by atoms with Gasteiger partial charge in [-0.3, -0.25) is 4.90 Å². The van der Waals surface area contributed by atoms with Crippen LogP contribution in [0, 0.1) is 5.82 Å². The first kappa shape index (κ1) is 35.6. The number of likely N-dealkylation sites (N-methyl/N-ethyl adjacent to an activating group) is 1. The lowest BCUT2D eigenvalue weighted by Gasteiger charge is -2.36. The topological polar surface area (TPSA) is 72.7 Å². The van der Waals surface area contributed by atoms with Crippen LogP contribution in [0.25, 0.3) is 0 Å². The Morgan fingerprint density at radius 3 is 2.08 bits per heavy atom. The Morgan fingerprint density at radius 2 is 1.54 bits per heavy atom. The molecule has 1 aromatic heterocycles. The van der Waals surface area contributed by atoms with Crippen molar-refractivity contribution in [2.24, 2.45) is 0 Å². The highest BCUT2D eigenvalue weighted by Crippen LogP contribution is 2.41. The molecule has 3 aromatic rings. The van der Waals surface area contributed by atoms with Gasteiger partial charge in [0.25, 0.3) is 0 Å². The molecule has 0 saturated carbocycles. The van der Waals surface area contributed by atoms with Crippen LogP contribution in [-0.2, 0) is 34.8 Å². The summed E-state index contributed by atoms with van der Waals surface area (Å²) in [6.07, 6.45) is -11.9. The van der Waals surface area contributed by atoms with E-state index in [2.05, 4.69) is 10.2 Å². The van der Waals surface area contributed by atoms with Gasteiger partial charge in [0.1, 0.15) is 17.2 Å². The standard InChI is InChI=1S/C33H38F7N5O3/c1-18(20-11-21(32(35,36)37)13-22(12-20)33(38,39)40)47-27-15-28-41-42-29(45(28)17-25(27)19-7-9-23(34)10-8-19)26-14-24(43(5)6)16-44(26)30(46)48-31(2,3)4/h7-13,18,24-27H,14-17H2,1-6H3/t18-,24-,25-,26+,27+/m1/s1. The zero-order valence-corrected chi connectivity index (χ0v) is 27.4. The molecule has 5 atom stereocenters. The summed E-state index contributed by atoms with van der Waals surface area (Å²) in [4.78, 5) is 17.0. The first-order valence-corrected chi connectivity index (χ1v) is 15.5. The van der Waals surface area contributed by atoms with Gasteiger partial charge in [-0.25, -0.2) is 9.18 Å². The van der Waals surface area contributed by atoms with Crippen molar-refractivity contribution in [2.45, 2.75) is 95.2 Å². The fourth-order valence-electron chi connectivity index (χ4n) is 6.26. The molecule has 15 heteroatoms. The summed E-state index contributed by atoms with van der Waals surface area (Å²) in [6.45, 7) is 7.29. The van der Waals surface area contributed by atoms with E-state index in [1.807, 2.05) is 23.6 Å². The predicted molar refractivity (Wildman–Crippen MR) is 160 cm³/mol. The number of alkyl halides is 6. The third-order valence-electron chi connectivity index (χ3n) is 8.76. The molecule has 0 spiro atoms. The number of halogens is 7. The minimum Gasteiger partial charge on any atom is -0.444 e. The number of benzene rings is 2. The Balaban J connectivity index is 1.50. The molecular weight excluding hydrogens is 647 g/mol. The van der Waals surface area contributed by atoms with Crippen LogP contribution < -0.4 is 0 Å². The van der Waals surface area contributed by atoms with Crippen LogP contribution in [0.3, 0.4) is 0 Å². The second kappa shape index (κ2) is 13.0. The molecule has 0 radical (unpaired) electrons. The van der Waals surface area contributed by atoms with Crippen LogP contribution in [0.2, 0.25) is 0 Å². The smallest absolute Gasteiger partial charge is 0.416 e. The molecule has 1 fully saturated rings. The lowest BCUT2D eigenvalue weighted by atomic mass is 9.88. The summed E-state index contributed by atoms with van der Waals surface area (Å²) < 4.78 is 109. The molecule has 2 aliphatic rings. The number of ether oxygens (including phenoxy) is 2. The summed E-state index contributed by atoms with van der Waals surface area (Å²) >= 11 is 0. The number of aromatic nitrogens is 3. The Morgan fingerprint density at radius 1 is 0.938 bits per heavy atom. The van der Waals surface area contributed by atoms with E-state index >= 15 is 0 Å². The van der Waals surface area contributed by atoms with Crippen LogP contribution in [-0.4, -0.2) is 69.0 Å². The fraction of sp³-hybridized carbons (Fsp3) is 0.545. The summed E-state index contributed by atoms with van der Waals surface area (Å²) in [6, 6.07) is 6.55. The van der Waals surface area contributed by atoms with E-state index in [0.29, 0.717) is 42.3 Å². The number of carbonyl (C=O) groups excluding carboxylic acids is 1. The molecule has 5 rings (SSSR count). The van der Waals surface area contributed by atoms with Crippen LogP contribution in [0.1, 0.15) is 86.1 Å². The van der Waals surface area contributed by atoms with Gasteiger partial charge in [-0.2, -0.15) is 26.3 Å². The average molecular weight is 686 g/mol. The normalized spacial score (nSPS) is 22.6. The Hall–Kier alpha value is -3.72. The Kier molecular flexibility index (Phi) is 9.60. The van der Waals surface area contributed by atoms with Crippen molar-refractivity contribution < 1.29 is 45.0 Å². The molecule has 3 heterocycles. The van der Waals surface area contributed by atoms with E-state index in [1.54, 1.807) is 37.8 Å². The second-order valence-corrected chi connectivity index (χ2v) is 13.6. The van der Waals surface area contributed by atoms with E-state index in [0.717, 1.165) is 0 Å². The van der Waals surface area contributed by atoms with E-state index in [9.17, 15) is 35.5 Å². The lowest BCUT2D eigenvalue weighted by Crippen LogP contribution is -2.40. The molecule has 0 bridgehead atoms. The van der Waals surface area contributed by atoms with Crippen molar-refractivity contribution >= 4 is 6.09 Å². The van der Waals surface area contributed by atoms with Crippen LogP contribution in [0.4, 0.5) is 35.5 Å². The minimum absolute atomic E-state index is 0.00191. The molecule has 0 aliphatic carbocycles. The van der Waals surface area contributed by atoms with Crippen molar-refractivity contribution in [1.82, 2.24) is 24.6 Å². The number of likely N-dealkylation sites (tertiary alicyclic amines) is 1. The highest BCUT2D eigenvalue weighted by Gasteiger charge is 2.44. The van der Waals surface area contributed by atoms with Gasteiger partial charge in [-0.15, -0.1) is 10.2 Å². The Bertz CT molecular complexity index is 1580. The van der Waals surface area contributed by atoms with Gasteiger partial charge < -0.3 is 18.9 Å². The first-order valence-electron chi connectivity index (χ1n) is 15.5. The zero-order chi connectivity index (χ0) is 35.3. The summed E-state index contributed by atoms with van der Waals surface area (Å²) in [7, 11) is 3.82. The van der Waals surface area contributed by atoms with Gasteiger partial charge in [0.2, 0.25) is 0 Å². The molecule has 0 unspecified atom stereocenters. The molecule has 262 valence electrons. The zero-order valence-electron chi connectivity index (χ0n) is 27.4. The van der Waals surface area contributed by atoms with Gasteiger partial charge in [0.05, 0.1) is 29.4 Å². The van der Waals surface area contributed by atoms with Crippen molar-refractivity contribution in [2.75, 3.05) is 20.6 Å². The average Bonchev–Trinajstić information content (AvgIpc) is 3.60. The van der Waals surface area contributed by atoms with Crippen LogP contribution in [0.15, 0.2) is 42.5 Å². The molecule has 48 heavy (non-hydrogen) atoms. The van der Waals surface area contributed by atoms with Gasteiger partial charge in [0, 0.05) is 31.5 Å². The molecule has 2 aromatic carbocycles. The number of nitrogens with zero attached hydrogens (tertiary/aromatic N) is 5. The molecular formula is C33H38F7N5O3. The monoisotopic (exact) mass is 685 g/mol. The molecule has 8 nitrogen and oxygen atoms in total. The molecule has 2 aliphatic heterocycles. The van der Waals surface area contributed by atoms with Crippen LogP contribution >= 0.6 is 0 Å². The third kappa shape index (κ3) is 7.77. The van der Waals surface area contributed by atoms with Crippen molar-refractivity contribution in [3.63, 3.8) is 0 Å². The number of fused-ring (bicyclic) bond motifs is 1. The largest absolute Gasteiger partial charge is 0.444 e. The van der Waals surface area contributed by atoms with E-state index in [1.165, 1.54) is 19.1 Å². The van der Waals surface area contributed by atoms with Crippen molar-refractivity contribution in [1.29, 1.82) is 0 Å². The van der Waals surface area contributed by atoms with Crippen molar-refractivity contribution in [3.8, 4) is 0 Å². The van der Waals surface area contributed by atoms with E-state index in [-0.39, 0.29) is 30.6 Å². The quantitative estimate of drug-likeness (QED) is 0.250. The maximum absolute atomic E-state index is 14.0. The second-order valence-electron chi connectivity index (χ2n) is 13.6. The van der Waals surface area contributed by atoms with Crippen LogP contribution in [0.5, 0.6) is 0 Å². The highest BCUT2D eigenvalue weighted by molar-refractivity contribution is 5.69. The summed E-state index contributed by atoms with van der Waals surface area (Å²) in [5, 5.41) is 8.86. The molecule has 1 saturated heterocycles. The number of hydrogen-bond acceptors (Lipinski definition) is 6. The molecule has 1 amide bonds. The third-order valence-corrected chi connectivity index (χ3v) is 8.76. The fourth-order valence-corrected chi connectivity index (χ4v) is 6.26. The van der Waals surface area contributed by atoms with E-state index < -0.39 is 65.2 Å². The van der Waals surface area contributed by atoms with Gasteiger partial charge in [-0.1, -0.05) is 12.1 Å². The van der Waals surface area contributed by atoms with Gasteiger partial charge >= 0.3 is 18.4 Å². The highest BCUT2D eigenvalue weighted by atomic mass is 19.4. The molecule has 0 N–H and O–H groups in total. The maximum Gasteiger partial charge on any atom is 0.416 e. The van der Waals surface area contributed by atoms with Gasteiger partial charge in [-0.05, 0) is 89.7 Å². The SMILES string of the molecule is C[C@@H](O[C@H]1Cc2nnc([C@@H]3C[C@@H](N(C)C)CN3C(=O)OC(C)(C)C)n2C[C@@H]1c1ccc(F)cc1)c1cc(C(F)(F)F)cc(C(F)(F)F)c1. The summed E-state index contributed by atoms with van der Waals surface area (Å²) in [5.41, 5.74) is -3.27. The summed E-state index contributed by atoms with van der Waals surface area (Å²) in [5.74, 6) is -0.0304. The minimum atomic E-state index is -5.01. The first-order chi connectivity index (χ1) is 22.2. The number of amides is 1. The predicted octanol–water partition coefficient (Wildman–Crippen LogP) is 7.55. The Labute approximate surface area is 273 Å². The number of carbonyl (C=O) groups is 1. The number of rotatable bonds is 6. The maximum atomic E-state index is 14.0. The van der Waals surface area contributed by atoms with Gasteiger partial charge in [0.15, 0.2) is 5.82 Å². The van der Waals surface area contributed by atoms with Crippen molar-refractivity contribution in [3.05, 3.63) is 82.2 Å².